The number of nitrogens with zero attached hydrogens (tertiary/aromatic N) is 5. The van der Waals surface area contributed by atoms with E-state index in [2.05, 4.69) is 60.7 Å². The summed E-state index contributed by atoms with van der Waals surface area (Å²) in [5.41, 5.74) is 9.83. The summed E-state index contributed by atoms with van der Waals surface area (Å²) >= 11 is 0. The van der Waals surface area contributed by atoms with E-state index >= 15 is 0 Å². The number of para-hydroxylation sites is 1. The number of azo groups is 1. The van der Waals surface area contributed by atoms with Crippen molar-refractivity contribution in [3.8, 4) is 0 Å². The fourth-order valence-electron chi connectivity index (χ4n) is 6.25. The van der Waals surface area contributed by atoms with Gasteiger partial charge in [0.2, 0.25) is 11.6 Å². The number of carbonyl (C=O) groups is 2. The maximum absolute atomic E-state index is 13.8. The quantitative estimate of drug-likeness (QED) is 0.0212. The minimum Gasteiger partial charge on any atom is -0.396 e. The second kappa shape index (κ2) is 19.2. The fourth-order valence-corrected chi connectivity index (χ4v) is 8.25. The van der Waals surface area contributed by atoms with Gasteiger partial charge in [0, 0.05) is 30.5 Å². The Morgan fingerprint density at radius 2 is 1.34 bits per heavy atom. The third kappa shape index (κ3) is 11.2. The molecule has 64 heavy (non-hydrogen) atoms. The van der Waals surface area contributed by atoms with E-state index in [4.69, 9.17) is 5.73 Å². The number of nitrogens with two attached hydrogens (primary N) is 1. The van der Waals surface area contributed by atoms with Crippen LogP contribution in [0.3, 0.4) is 0 Å². The lowest BCUT2D eigenvalue weighted by atomic mass is 9.92. The Hall–Kier alpha value is -6.93. The normalized spacial score (nSPS) is 15.7. The zero-order valence-electron chi connectivity index (χ0n) is 33.8. The number of anilines is 5. The van der Waals surface area contributed by atoms with Gasteiger partial charge in [0.05, 0.1) is 34.0 Å². The van der Waals surface area contributed by atoms with Crippen molar-refractivity contribution >= 4 is 99.2 Å². The van der Waals surface area contributed by atoms with Crippen molar-refractivity contribution in [2.45, 2.75) is 23.6 Å². The Labute approximate surface area is 367 Å². The fraction of sp³-hybridized carbons (Fsp3) is 0.150. The summed E-state index contributed by atoms with van der Waals surface area (Å²) in [4.78, 5) is 25.9. The van der Waals surface area contributed by atoms with Crippen LogP contribution in [0, 0.1) is 0 Å². The summed E-state index contributed by atoms with van der Waals surface area (Å²) in [6.45, 7) is 7.51. The van der Waals surface area contributed by atoms with Crippen LogP contribution in [0.25, 0.3) is 6.08 Å². The largest absolute Gasteiger partial charge is 0.396 e. The summed E-state index contributed by atoms with van der Waals surface area (Å²) in [6.07, 6.45) is 5.52. The van der Waals surface area contributed by atoms with Gasteiger partial charge in [-0.25, -0.2) is 0 Å². The molecule has 0 radical (unpaired) electrons. The van der Waals surface area contributed by atoms with Crippen molar-refractivity contribution in [1.29, 1.82) is 0 Å². The highest BCUT2D eigenvalue weighted by molar-refractivity contribution is 7.91. The second-order valence-corrected chi connectivity index (χ2v) is 17.9. The molecule has 0 atom stereocenters. The van der Waals surface area contributed by atoms with Crippen molar-refractivity contribution in [3.05, 3.63) is 119 Å². The molecule has 2 aliphatic carbocycles. The molecular weight excluding hydrogens is 893 g/mol. The number of Topliss-reactive ketones (excluding diaryl/α,β-unsaturated/α-hetero) is 1. The molecule has 0 saturated heterocycles. The van der Waals surface area contributed by atoms with Crippen LogP contribution in [-0.4, -0.2) is 93.0 Å². The van der Waals surface area contributed by atoms with Gasteiger partial charge in [-0.15, -0.1) is 5.11 Å². The highest BCUT2D eigenvalue weighted by Gasteiger charge is 2.37. The maximum atomic E-state index is 13.8. The molecule has 334 valence electrons. The predicted octanol–water partition coefficient (Wildman–Crippen LogP) is 5.54. The molecule has 24 heteroatoms. The van der Waals surface area contributed by atoms with E-state index in [-0.39, 0.29) is 22.9 Å². The van der Waals surface area contributed by atoms with Crippen LogP contribution in [0.1, 0.15) is 29.8 Å². The molecule has 0 saturated carbocycles. The molecule has 9 N–H and O–H groups in total. The van der Waals surface area contributed by atoms with E-state index in [9.17, 15) is 48.5 Å². The predicted molar refractivity (Wildman–Crippen MR) is 241 cm³/mol. The van der Waals surface area contributed by atoms with Gasteiger partial charge in [-0.1, -0.05) is 32.0 Å². The van der Waals surface area contributed by atoms with Crippen molar-refractivity contribution in [2.75, 3.05) is 48.1 Å². The number of allylic oxidation sites excluding steroid dienone is 4. The van der Waals surface area contributed by atoms with Gasteiger partial charge in [-0.2, -0.15) is 40.6 Å². The molecule has 4 aromatic carbocycles. The molecular formula is C40H40N10O11S3. The van der Waals surface area contributed by atoms with E-state index in [1.54, 1.807) is 54.6 Å². The van der Waals surface area contributed by atoms with Gasteiger partial charge in [0.15, 0.2) is 5.71 Å². The first kappa shape index (κ1) is 46.6. The number of nitrogen functional groups attached to an aromatic ring is 1. The smallest absolute Gasteiger partial charge is 0.296 e. The van der Waals surface area contributed by atoms with Gasteiger partial charge in [-0.3, -0.25) is 34.1 Å². The zero-order valence-corrected chi connectivity index (χ0v) is 36.2. The number of benzene rings is 4. The average Bonchev–Trinajstić information content (AvgIpc) is 3.24. The van der Waals surface area contributed by atoms with E-state index in [1.165, 1.54) is 30.3 Å². The highest BCUT2D eigenvalue weighted by Crippen LogP contribution is 2.41. The topological polar surface area (TPSA) is 324 Å². The molecule has 4 aromatic rings. The number of ketones is 2. The summed E-state index contributed by atoms with van der Waals surface area (Å²) in [5.74, 6) is -1.49. The monoisotopic (exact) mass is 932 g/mol. The highest BCUT2D eigenvalue weighted by atomic mass is 32.2. The number of hydrogen-bond donors (Lipinski definition) is 8. The molecule has 2 aliphatic rings. The number of carbonyl (C=O) groups excluding carboxylic acids is 2. The van der Waals surface area contributed by atoms with Crippen LogP contribution in [0.15, 0.2) is 138 Å². The van der Waals surface area contributed by atoms with Crippen molar-refractivity contribution in [1.82, 2.24) is 10.2 Å². The van der Waals surface area contributed by atoms with Crippen molar-refractivity contribution < 1.29 is 48.5 Å². The van der Waals surface area contributed by atoms with Crippen LogP contribution in [0.2, 0.25) is 0 Å². The number of likely N-dealkylation sites (N-methyl/N-ethyl adjacent to an activating group) is 1. The first-order valence-electron chi connectivity index (χ1n) is 19.0. The van der Waals surface area contributed by atoms with Gasteiger partial charge < -0.3 is 21.3 Å². The SMILES string of the molecule is CCN(CC)CCNC1=CC(=O)C(=NNc2ccc(Nc3ccc(N=Nc4c(S(=O)(=O)O)cc5c(c4N)C(=O)C(=NNc4ccccc4)C(S(=O)(=O)O)=C5)cc3S(=O)(=O)O)cc2)C=C1. The zero-order chi connectivity index (χ0) is 46.4. The minimum atomic E-state index is -5.23. The summed E-state index contributed by atoms with van der Waals surface area (Å²) in [5, 5.41) is 21.8. The van der Waals surface area contributed by atoms with Crippen LogP contribution in [-0.2, 0) is 35.1 Å². The number of rotatable bonds is 17. The van der Waals surface area contributed by atoms with E-state index in [0.717, 1.165) is 31.8 Å². The molecule has 0 spiro atoms. The van der Waals surface area contributed by atoms with Crippen molar-refractivity contribution in [3.63, 3.8) is 0 Å². The third-order valence-electron chi connectivity index (χ3n) is 9.51. The molecule has 0 heterocycles. The Balaban J connectivity index is 1.23. The second-order valence-electron chi connectivity index (χ2n) is 13.7. The maximum Gasteiger partial charge on any atom is 0.296 e. The van der Waals surface area contributed by atoms with Crippen LogP contribution in [0.4, 0.5) is 39.8 Å². The summed E-state index contributed by atoms with van der Waals surface area (Å²) in [6, 6.07) is 18.3. The van der Waals surface area contributed by atoms with Crippen molar-refractivity contribution in [2.24, 2.45) is 20.4 Å². The summed E-state index contributed by atoms with van der Waals surface area (Å²) < 4.78 is 105. The number of nitrogens with one attached hydrogen (secondary N) is 4. The lowest BCUT2D eigenvalue weighted by molar-refractivity contribution is -0.108. The minimum absolute atomic E-state index is 0.122. The van der Waals surface area contributed by atoms with Gasteiger partial charge >= 0.3 is 0 Å². The Morgan fingerprint density at radius 1 is 0.703 bits per heavy atom. The van der Waals surface area contributed by atoms with E-state index in [1.807, 2.05) is 0 Å². The first-order chi connectivity index (χ1) is 30.3. The van der Waals surface area contributed by atoms with E-state index < -0.39 is 79.0 Å². The molecule has 0 amide bonds. The van der Waals surface area contributed by atoms with Gasteiger partial charge in [0.1, 0.15) is 26.1 Å². The lowest BCUT2D eigenvalue weighted by Gasteiger charge is -2.20. The molecule has 0 unspecified atom stereocenters. The Bertz CT molecular complexity index is 3040. The van der Waals surface area contributed by atoms with Crippen LogP contribution in [0.5, 0.6) is 0 Å². The molecule has 0 fully saturated rings. The van der Waals surface area contributed by atoms with Gasteiger partial charge in [0.25, 0.3) is 30.4 Å². The van der Waals surface area contributed by atoms with Gasteiger partial charge in [-0.05, 0) is 97.5 Å². The number of hydrogen-bond acceptors (Lipinski definition) is 18. The van der Waals surface area contributed by atoms with Crippen LogP contribution >= 0.6 is 0 Å². The third-order valence-corrected chi connectivity index (χ3v) is 12.1. The number of fused-ring (bicyclic) bond motifs is 1. The molecule has 0 bridgehead atoms. The molecule has 0 aromatic heterocycles. The molecule has 21 nitrogen and oxygen atoms in total. The van der Waals surface area contributed by atoms with E-state index in [0.29, 0.717) is 35.4 Å². The number of hydrazone groups is 2. The average molecular weight is 933 g/mol. The summed E-state index contributed by atoms with van der Waals surface area (Å²) in [7, 11) is -15.3. The Kier molecular flexibility index (Phi) is 14.0. The standard InChI is InChI=1S/C40H40N10O11S3/c1-3-50(4-2)19-18-42-28-14-16-30(32(51)22-28)47-44-27-12-10-25(11-13-27)43-31-17-15-29(23-33(31)62(53,54)55)46-48-38-34(63(56,57)58)20-24-21-35(64(59,60)61)39(40(52)36(24)37(38)41)49-45-26-8-6-5-7-9-26/h5-17,20-23,42-45H,3-4,18-19,41H2,1-2H3,(H,53,54,55)(H,56,57,58)(H,59,60,61). The molecule has 0 aliphatic heterocycles. The Morgan fingerprint density at radius 3 is 1.97 bits per heavy atom. The molecule has 6 rings (SSSR count). The van der Waals surface area contributed by atoms with Crippen LogP contribution < -0.4 is 27.2 Å². The first-order valence-corrected chi connectivity index (χ1v) is 23.3. The lowest BCUT2D eigenvalue weighted by Crippen LogP contribution is -2.32.